The van der Waals surface area contributed by atoms with Crippen LogP contribution < -0.4 is 21.3 Å². The number of imidazole rings is 2. The van der Waals surface area contributed by atoms with Gasteiger partial charge in [-0.05, 0) is 35.2 Å². The Labute approximate surface area is 256 Å². The number of aromatic nitrogens is 4. The zero-order chi connectivity index (χ0) is 29.4. The Kier molecular flexibility index (Phi) is 12.8. The van der Waals surface area contributed by atoms with Gasteiger partial charge in [0.25, 0.3) is 0 Å². The fourth-order valence-electron chi connectivity index (χ4n) is 5.51. The van der Waals surface area contributed by atoms with Gasteiger partial charge in [0.15, 0.2) is 0 Å². The van der Waals surface area contributed by atoms with Gasteiger partial charge in [0.1, 0.15) is 0 Å². The first-order chi connectivity index (χ1) is 21.3. The molecule has 0 amide bonds. The van der Waals surface area contributed by atoms with Crippen LogP contribution >= 0.6 is 0 Å². The number of nitrogens with one attached hydrogen (secondary N) is 6. The quantitative estimate of drug-likeness (QED) is 0.217. The molecule has 2 aromatic heterocycles. The van der Waals surface area contributed by atoms with Crippen molar-refractivity contribution < 1.29 is 0 Å². The Morgan fingerprint density at radius 1 is 0.535 bits per heavy atom. The Morgan fingerprint density at radius 3 is 1.44 bits per heavy atom. The second-order valence-electron chi connectivity index (χ2n) is 11.4. The van der Waals surface area contributed by atoms with Gasteiger partial charge < -0.3 is 31.2 Å². The van der Waals surface area contributed by atoms with Crippen LogP contribution in [0, 0.1) is 0 Å². The summed E-state index contributed by atoms with van der Waals surface area (Å²) in [6, 6.07) is 17.9. The van der Waals surface area contributed by atoms with Crippen LogP contribution in [0.15, 0.2) is 73.6 Å². The smallest absolute Gasteiger partial charge is 0.0922 e. The number of nitrogens with zero attached hydrogens (tertiary/aromatic N) is 4. The van der Waals surface area contributed by atoms with Crippen LogP contribution in [0.2, 0.25) is 0 Å². The van der Waals surface area contributed by atoms with Gasteiger partial charge in [-0.2, -0.15) is 0 Å². The van der Waals surface area contributed by atoms with E-state index < -0.39 is 0 Å². The molecule has 4 aromatic rings. The van der Waals surface area contributed by atoms with Crippen LogP contribution in [0.3, 0.4) is 0 Å². The lowest BCUT2D eigenvalue weighted by molar-refractivity contribution is 0.261. The molecule has 10 nitrogen and oxygen atoms in total. The maximum atomic E-state index is 4.21. The van der Waals surface area contributed by atoms with Gasteiger partial charge in [-0.15, -0.1) is 0 Å². The average Bonchev–Trinajstić information content (AvgIpc) is 3.74. The van der Waals surface area contributed by atoms with Crippen LogP contribution in [0.4, 0.5) is 0 Å². The Bertz CT molecular complexity index is 1290. The highest BCUT2D eigenvalue weighted by Crippen LogP contribution is 2.08. The number of hydrogen-bond acceptors (Lipinski definition) is 8. The van der Waals surface area contributed by atoms with E-state index in [0.717, 1.165) is 109 Å². The van der Waals surface area contributed by atoms with Crippen molar-refractivity contribution in [2.75, 3.05) is 58.9 Å². The minimum absolute atomic E-state index is 0.866. The molecule has 0 saturated carbocycles. The molecule has 0 unspecified atom stereocenters. The highest BCUT2D eigenvalue weighted by molar-refractivity contribution is 5.24. The SMILES string of the molecule is c1cc2cc(c1)CNCCN(Cc1cnc[nH]1)CCNCc1cccc(c1)CNCCN(Cc1cnc[nH]1)CCNCC2. The number of hydrogen-bond donors (Lipinski definition) is 6. The van der Waals surface area contributed by atoms with Crippen molar-refractivity contribution in [2.45, 2.75) is 39.1 Å². The second kappa shape index (κ2) is 17.7. The lowest BCUT2D eigenvalue weighted by atomic mass is 10.1. The van der Waals surface area contributed by atoms with Crippen LogP contribution in [-0.4, -0.2) is 88.6 Å². The number of rotatable bonds is 4. The van der Waals surface area contributed by atoms with E-state index >= 15 is 0 Å². The predicted molar refractivity (Wildman–Crippen MR) is 172 cm³/mol. The van der Waals surface area contributed by atoms with Crippen LogP contribution in [0.25, 0.3) is 0 Å². The normalized spacial score (nSPS) is 18.0. The van der Waals surface area contributed by atoms with Crippen molar-refractivity contribution in [1.29, 1.82) is 0 Å². The number of H-pyrrole nitrogens is 2. The van der Waals surface area contributed by atoms with E-state index in [1.807, 2.05) is 12.4 Å². The lowest BCUT2D eigenvalue weighted by Crippen LogP contribution is -2.37. The van der Waals surface area contributed by atoms with E-state index in [1.54, 1.807) is 12.7 Å². The first-order valence-electron chi connectivity index (χ1n) is 15.7. The zero-order valence-corrected chi connectivity index (χ0v) is 25.3. The third-order valence-electron chi connectivity index (χ3n) is 7.88. The van der Waals surface area contributed by atoms with Crippen LogP contribution in [0.1, 0.15) is 33.6 Å². The zero-order valence-electron chi connectivity index (χ0n) is 25.3. The van der Waals surface area contributed by atoms with Gasteiger partial charge in [0.05, 0.1) is 12.7 Å². The molecule has 6 N–H and O–H groups in total. The average molecular weight is 585 g/mol. The molecule has 10 heteroatoms. The van der Waals surface area contributed by atoms with Crippen molar-refractivity contribution in [1.82, 2.24) is 51.0 Å². The molecule has 4 bridgehead atoms. The minimum Gasteiger partial charge on any atom is -0.347 e. The molecule has 2 aromatic carbocycles. The van der Waals surface area contributed by atoms with Gasteiger partial charge >= 0.3 is 0 Å². The van der Waals surface area contributed by atoms with Gasteiger partial charge in [0, 0.05) is 109 Å². The summed E-state index contributed by atoms with van der Waals surface area (Å²) in [6.45, 7) is 13.0. The molecule has 0 spiro atoms. The summed E-state index contributed by atoms with van der Waals surface area (Å²) in [4.78, 5) is 19.9. The molecule has 43 heavy (non-hydrogen) atoms. The third kappa shape index (κ3) is 11.3. The van der Waals surface area contributed by atoms with Crippen molar-refractivity contribution >= 4 is 0 Å². The van der Waals surface area contributed by atoms with Crippen molar-refractivity contribution in [2.24, 2.45) is 0 Å². The van der Waals surface area contributed by atoms with Crippen LogP contribution in [-0.2, 0) is 39.1 Å². The molecule has 1 aliphatic heterocycles. The minimum atomic E-state index is 0.866. The summed E-state index contributed by atoms with van der Waals surface area (Å²) in [5, 5.41) is 14.7. The molecule has 0 saturated heterocycles. The number of benzene rings is 2. The predicted octanol–water partition coefficient (Wildman–Crippen LogP) is 2.25. The summed E-state index contributed by atoms with van der Waals surface area (Å²) in [5.41, 5.74) is 7.66. The van der Waals surface area contributed by atoms with Crippen molar-refractivity contribution in [3.8, 4) is 0 Å². The third-order valence-corrected chi connectivity index (χ3v) is 7.88. The van der Waals surface area contributed by atoms with E-state index in [-0.39, 0.29) is 0 Å². The topological polar surface area (TPSA) is 112 Å². The summed E-state index contributed by atoms with van der Waals surface area (Å²) < 4.78 is 0. The van der Waals surface area contributed by atoms with Gasteiger partial charge in [-0.1, -0.05) is 48.5 Å². The van der Waals surface area contributed by atoms with Gasteiger partial charge in [-0.25, -0.2) is 9.97 Å². The molecule has 0 radical (unpaired) electrons. The molecule has 0 atom stereocenters. The monoisotopic (exact) mass is 584 g/mol. The van der Waals surface area contributed by atoms with Gasteiger partial charge in [0.2, 0.25) is 0 Å². The summed E-state index contributed by atoms with van der Waals surface area (Å²) in [7, 11) is 0. The molecule has 230 valence electrons. The standard InChI is InChI=1S/C33H48N10/c1-3-28-7-8-34-9-13-42(24-32-22-38-26-40-32)14-10-36-20-30-5-2-6-31(18-30)21-37-12-16-43(25-33-23-39-27-41-33)15-11-35-19-29(4-1)17-28/h1-6,17-18,22-23,26-27,34-37H,7-16,19-21,24-25H2,(H,38,40)(H,39,41). The van der Waals surface area contributed by atoms with Gasteiger partial charge in [-0.3, -0.25) is 9.80 Å². The fourth-order valence-corrected chi connectivity index (χ4v) is 5.51. The number of fused-ring (bicyclic) bond motifs is 4. The molecule has 0 fully saturated rings. The van der Waals surface area contributed by atoms with E-state index in [4.69, 9.17) is 0 Å². The highest BCUT2D eigenvalue weighted by Gasteiger charge is 2.09. The second-order valence-corrected chi connectivity index (χ2v) is 11.4. The molecular formula is C33H48N10. The molecule has 0 aliphatic carbocycles. The molecule has 1 aliphatic rings. The van der Waals surface area contributed by atoms with Crippen molar-refractivity contribution in [3.63, 3.8) is 0 Å². The summed E-state index contributed by atoms with van der Waals surface area (Å²) in [6.07, 6.45) is 8.39. The number of aromatic amines is 2. The first-order valence-corrected chi connectivity index (χ1v) is 15.7. The largest absolute Gasteiger partial charge is 0.347 e. The Balaban J connectivity index is 1.19. The lowest BCUT2D eigenvalue weighted by Gasteiger charge is -2.22. The highest BCUT2D eigenvalue weighted by atomic mass is 15.2. The first kappa shape index (κ1) is 31.1. The Morgan fingerprint density at radius 2 is 0.977 bits per heavy atom. The summed E-state index contributed by atoms with van der Waals surface area (Å²) >= 11 is 0. The molecule has 5 rings (SSSR count). The van der Waals surface area contributed by atoms with Crippen molar-refractivity contribution in [3.05, 3.63) is 107 Å². The van der Waals surface area contributed by atoms with E-state index in [9.17, 15) is 0 Å². The maximum absolute atomic E-state index is 4.21. The Hall–Kier alpha value is -3.38. The fraction of sp³-hybridized carbons (Fsp3) is 0.455. The maximum Gasteiger partial charge on any atom is 0.0922 e. The molecule has 3 heterocycles. The van der Waals surface area contributed by atoms with Crippen LogP contribution in [0.5, 0.6) is 0 Å². The van der Waals surface area contributed by atoms with E-state index in [0.29, 0.717) is 0 Å². The van der Waals surface area contributed by atoms with E-state index in [1.165, 1.54) is 22.3 Å². The van der Waals surface area contributed by atoms with E-state index in [2.05, 4.69) is 99.5 Å². The summed E-state index contributed by atoms with van der Waals surface area (Å²) in [5.74, 6) is 0. The molecular weight excluding hydrogens is 536 g/mol.